The number of hydrogen-bond donors (Lipinski definition) is 0. The summed E-state index contributed by atoms with van der Waals surface area (Å²) in [6.45, 7) is 0. The zero-order valence-electron chi connectivity index (χ0n) is 37.0. The van der Waals surface area contributed by atoms with Crippen molar-refractivity contribution in [3.63, 3.8) is 0 Å². The fourth-order valence-electron chi connectivity index (χ4n) is 10.7. The Labute approximate surface area is 396 Å². The van der Waals surface area contributed by atoms with Crippen LogP contribution in [-0.2, 0) is 0 Å². The van der Waals surface area contributed by atoms with Crippen molar-refractivity contribution in [2.75, 3.05) is 0 Å². The number of allylic oxidation sites excluding steroid dienone is 1. The number of furan rings is 1. The maximum atomic E-state index is 6.51. The second-order valence-electron chi connectivity index (χ2n) is 17.9. The molecule has 0 radical (unpaired) electrons. The number of rotatable bonds is 5. The first-order valence-electron chi connectivity index (χ1n) is 23.4. The number of amidine groups is 1. The average molecular weight is 888 g/mol. The van der Waals surface area contributed by atoms with Gasteiger partial charge in [-0.2, -0.15) is 0 Å². The fourth-order valence-corrected chi connectivity index (χ4v) is 12.0. The smallest absolute Gasteiger partial charge is 0.160 e. The van der Waals surface area contributed by atoms with E-state index in [4.69, 9.17) is 14.4 Å². The Morgan fingerprint density at radius 1 is 0.456 bits per heavy atom. The lowest BCUT2D eigenvalue weighted by atomic mass is 9.97. The lowest BCUT2D eigenvalue weighted by Crippen LogP contribution is -2.11. The Hall–Kier alpha value is -8.38. The van der Waals surface area contributed by atoms with Crippen molar-refractivity contribution in [2.45, 2.75) is 19.3 Å². The number of para-hydroxylation sites is 2. The molecular weight excluding hydrogens is 847 g/mol. The molecule has 68 heavy (non-hydrogen) atoms. The molecule has 0 unspecified atom stereocenters. The summed E-state index contributed by atoms with van der Waals surface area (Å²) < 4.78 is 11.6. The molecule has 10 aromatic carbocycles. The molecular formula is C63H41N3OS. The van der Waals surface area contributed by atoms with Crippen LogP contribution in [0.25, 0.3) is 108 Å². The molecule has 0 aliphatic carbocycles. The zero-order valence-corrected chi connectivity index (χ0v) is 37.8. The highest BCUT2D eigenvalue weighted by Crippen LogP contribution is 2.46. The van der Waals surface area contributed by atoms with Crippen molar-refractivity contribution in [2.24, 2.45) is 9.98 Å². The van der Waals surface area contributed by atoms with E-state index in [9.17, 15) is 0 Å². The minimum atomic E-state index is 0.666. The van der Waals surface area contributed by atoms with Gasteiger partial charge in [-0.1, -0.05) is 176 Å². The topological polar surface area (TPSA) is 42.8 Å². The second-order valence-corrected chi connectivity index (χ2v) is 18.9. The van der Waals surface area contributed by atoms with Gasteiger partial charge in [0.2, 0.25) is 0 Å². The summed E-state index contributed by atoms with van der Waals surface area (Å²) in [6, 6.07) is 74.4. The third kappa shape index (κ3) is 6.20. The molecule has 0 saturated heterocycles. The van der Waals surface area contributed by atoms with Crippen LogP contribution in [0.1, 0.15) is 36.0 Å². The lowest BCUT2D eigenvalue weighted by molar-refractivity contribution is 0.669. The molecule has 320 valence electrons. The van der Waals surface area contributed by atoms with Gasteiger partial charge in [0.15, 0.2) is 5.84 Å². The Morgan fingerprint density at radius 3 is 2.03 bits per heavy atom. The molecule has 3 aromatic heterocycles. The Kier molecular flexibility index (Phi) is 8.92. The molecule has 4 heterocycles. The Bertz CT molecular complexity index is 4280. The van der Waals surface area contributed by atoms with Gasteiger partial charge in [0.05, 0.1) is 32.8 Å². The minimum Gasteiger partial charge on any atom is -0.456 e. The molecule has 0 amide bonds. The minimum absolute atomic E-state index is 0.666. The molecule has 0 spiro atoms. The molecule has 0 fully saturated rings. The molecule has 0 saturated carbocycles. The molecule has 13 aromatic rings. The third-order valence-corrected chi connectivity index (χ3v) is 15.1. The van der Waals surface area contributed by atoms with Crippen LogP contribution in [0.5, 0.6) is 0 Å². The van der Waals surface area contributed by atoms with E-state index >= 15 is 0 Å². The van der Waals surface area contributed by atoms with Crippen LogP contribution >= 0.6 is 11.3 Å². The number of fused-ring (bicyclic) bond motifs is 12. The SMILES string of the molecule is C1=C(c2ccc(-c3ccccc3)cc2)/N=C(c2cccc3oc4ccccc4c23)\N=C(\c2ccc3c(sc4ccc5ccccc5c43)c2-n2c3ccccc3c3cc4ccccc4cc32)CCC\1. The predicted octanol–water partition coefficient (Wildman–Crippen LogP) is 17.5. The van der Waals surface area contributed by atoms with Crippen molar-refractivity contribution in [1.82, 2.24) is 4.57 Å². The van der Waals surface area contributed by atoms with Crippen molar-refractivity contribution in [3.8, 4) is 16.8 Å². The van der Waals surface area contributed by atoms with Crippen molar-refractivity contribution in [3.05, 3.63) is 229 Å². The summed E-state index contributed by atoms with van der Waals surface area (Å²) >= 11 is 1.88. The first kappa shape index (κ1) is 38.8. The largest absolute Gasteiger partial charge is 0.456 e. The van der Waals surface area contributed by atoms with Crippen LogP contribution in [0, 0.1) is 0 Å². The summed E-state index contributed by atoms with van der Waals surface area (Å²) in [5.41, 5.74) is 12.6. The molecule has 1 aliphatic heterocycles. The van der Waals surface area contributed by atoms with Crippen LogP contribution < -0.4 is 0 Å². The number of aliphatic imine (C=N–C) groups is 2. The van der Waals surface area contributed by atoms with E-state index in [0.29, 0.717) is 5.84 Å². The van der Waals surface area contributed by atoms with E-state index in [-0.39, 0.29) is 0 Å². The summed E-state index contributed by atoms with van der Waals surface area (Å²) in [5, 5.41) is 12.0. The van der Waals surface area contributed by atoms with Crippen molar-refractivity contribution >= 4 is 114 Å². The summed E-state index contributed by atoms with van der Waals surface area (Å²) in [4.78, 5) is 11.5. The van der Waals surface area contributed by atoms with Crippen LogP contribution in [0.3, 0.4) is 0 Å². The van der Waals surface area contributed by atoms with Gasteiger partial charge in [-0.05, 0) is 93.9 Å². The van der Waals surface area contributed by atoms with Gasteiger partial charge >= 0.3 is 0 Å². The highest BCUT2D eigenvalue weighted by atomic mass is 32.1. The quantitative estimate of drug-likeness (QED) is 0.170. The maximum absolute atomic E-state index is 6.51. The van der Waals surface area contributed by atoms with Gasteiger partial charge in [-0.3, -0.25) is 0 Å². The maximum Gasteiger partial charge on any atom is 0.160 e. The van der Waals surface area contributed by atoms with E-state index in [1.54, 1.807) is 0 Å². The van der Waals surface area contributed by atoms with Crippen LogP contribution in [0.2, 0.25) is 0 Å². The lowest BCUT2D eigenvalue weighted by Gasteiger charge is -2.18. The van der Waals surface area contributed by atoms with Gasteiger partial charge < -0.3 is 8.98 Å². The number of aromatic nitrogens is 1. The standard InChI is InChI=1S/C63H41N3OS/c1-2-15-39(16-3-1)40-29-31-42(32-30-40)52-24-10-11-25-53(65-63(64-52)50-23-14-28-57-59(50)48-22-9-13-27-56(48)67-57)47-34-35-49-60-45-20-7-6-17-41(45)33-36-58(60)68-62(49)61(47)66-54-26-12-8-21-46(54)51-37-43-18-4-5-19-44(43)38-55(51)66/h1-9,12-24,26-38H,10-11,25H2/b52-24-,64-63-,65-53+. The first-order chi connectivity index (χ1) is 33.7. The average Bonchev–Trinajstić information content (AvgIpc) is 4.09. The van der Waals surface area contributed by atoms with Crippen LogP contribution in [0.15, 0.2) is 227 Å². The highest BCUT2D eigenvalue weighted by Gasteiger charge is 2.25. The summed E-state index contributed by atoms with van der Waals surface area (Å²) in [6.07, 6.45) is 4.81. The molecule has 0 atom stereocenters. The van der Waals surface area contributed by atoms with Crippen LogP contribution in [-0.4, -0.2) is 16.1 Å². The van der Waals surface area contributed by atoms with Gasteiger partial charge in [-0.15, -0.1) is 11.3 Å². The number of nitrogens with zero attached hydrogens (tertiary/aromatic N) is 3. The normalized spacial score (nSPS) is 16.0. The summed E-state index contributed by atoms with van der Waals surface area (Å²) in [7, 11) is 0. The van der Waals surface area contributed by atoms with Crippen molar-refractivity contribution < 1.29 is 4.42 Å². The van der Waals surface area contributed by atoms with Gasteiger partial charge in [0.25, 0.3) is 0 Å². The van der Waals surface area contributed by atoms with Gasteiger partial charge in [0, 0.05) is 48.1 Å². The highest BCUT2D eigenvalue weighted by molar-refractivity contribution is 7.26. The third-order valence-electron chi connectivity index (χ3n) is 13.9. The van der Waals surface area contributed by atoms with E-state index in [1.807, 2.05) is 23.5 Å². The molecule has 4 nitrogen and oxygen atoms in total. The molecule has 1 aliphatic rings. The Morgan fingerprint density at radius 2 is 1.16 bits per heavy atom. The van der Waals surface area contributed by atoms with E-state index < -0.39 is 0 Å². The van der Waals surface area contributed by atoms with Gasteiger partial charge in [-0.25, -0.2) is 9.98 Å². The number of benzene rings is 10. The van der Waals surface area contributed by atoms with E-state index in [1.165, 1.54) is 74.6 Å². The number of thiophene rings is 1. The zero-order chi connectivity index (χ0) is 44.7. The monoisotopic (exact) mass is 887 g/mol. The fraction of sp³-hybridized carbons (Fsp3) is 0.0476. The molecule has 0 N–H and O–H groups in total. The summed E-state index contributed by atoms with van der Waals surface area (Å²) in [5.74, 6) is 0.666. The predicted molar refractivity (Wildman–Crippen MR) is 289 cm³/mol. The molecule has 14 rings (SSSR count). The Balaban J connectivity index is 1.07. The molecule has 0 bridgehead atoms. The van der Waals surface area contributed by atoms with Crippen LogP contribution in [0.4, 0.5) is 0 Å². The number of hydrogen-bond acceptors (Lipinski definition) is 4. The first-order valence-corrected chi connectivity index (χ1v) is 24.3. The second kappa shape index (κ2) is 15.6. The van der Waals surface area contributed by atoms with E-state index in [0.717, 1.165) is 75.0 Å². The van der Waals surface area contributed by atoms with Crippen molar-refractivity contribution in [1.29, 1.82) is 0 Å². The van der Waals surface area contributed by atoms with E-state index in [2.05, 4.69) is 205 Å². The van der Waals surface area contributed by atoms with Gasteiger partial charge in [0.1, 0.15) is 11.2 Å². The molecule has 5 heteroatoms.